The summed E-state index contributed by atoms with van der Waals surface area (Å²) in [4.78, 5) is 12.7. The summed E-state index contributed by atoms with van der Waals surface area (Å²) in [5.41, 5.74) is 5.58. The first-order valence-corrected chi connectivity index (χ1v) is 4.48. The highest BCUT2D eigenvalue weighted by atomic mass is 32.1. The van der Waals surface area contributed by atoms with E-state index in [0.29, 0.717) is 4.99 Å². The van der Waals surface area contributed by atoms with Gasteiger partial charge in [-0.1, -0.05) is 19.1 Å². The molecule has 1 amide bonds. The van der Waals surface area contributed by atoms with E-state index < -0.39 is 0 Å². The Morgan fingerprint density at radius 1 is 1.58 bits per heavy atom. The molecule has 0 saturated carbocycles. The third-order valence-electron chi connectivity index (χ3n) is 2.65. The molecule has 3 nitrogen and oxygen atoms in total. The van der Waals surface area contributed by atoms with E-state index in [1.54, 1.807) is 4.90 Å². The molecule has 0 spiro atoms. The monoisotopic (exact) mass is 186 g/mol. The Balaban J connectivity index is 2.55. The standard InChI is InChI=1S/C8H14N2OS/c1-8(7(9)12)2-4-10(6-11)5-3-8/h6H,2-5H2,1H3,(H2,9,12). The van der Waals surface area contributed by atoms with Gasteiger partial charge in [-0.25, -0.2) is 0 Å². The number of carbonyl (C=O) groups is 1. The van der Waals surface area contributed by atoms with Gasteiger partial charge in [0.05, 0.1) is 4.99 Å². The van der Waals surface area contributed by atoms with Crippen molar-refractivity contribution in [3.8, 4) is 0 Å². The lowest BCUT2D eigenvalue weighted by Crippen LogP contribution is -2.44. The number of nitrogens with zero attached hydrogens (tertiary/aromatic N) is 1. The van der Waals surface area contributed by atoms with Gasteiger partial charge in [-0.2, -0.15) is 0 Å². The van der Waals surface area contributed by atoms with E-state index in [9.17, 15) is 4.79 Å². The van der Waals surface area contributed by atoms with E-state index >= 15 is 0 Å². The smallest absolute Gasteiger partial charge is 0.209 e. The van der Waals surface area contributed by atoms with Crippen molar-refractivity contribution in [1.82, 2.24) is 4.90 Å². The predicted molar refractivity (Wildman–Crippen MR) is 51.8 cm³/mol. The van der Waals surface area contributed by atoms with Crippen LogP contribution in [-0.2, 0) is 4.79 Å². The number of piperidine rings is 1. The minimum atomic E-state index is -0.0329. The van der Waals surface area contributed by atoms with Crippen LogP contribution in [0.15, 0.2) is 0 Å². The van der Waals surface area contributed by atoms with Gasteiger partial charge in [-0.05, 0) is 12.8 Å². The third kappa shape index (κ3) is 1.75. The van der Waals surface area contributed by atoms with E-state index in [2.05, 4.69) is 6.92 Å². The second-order valence-electron chi connectivity index (χ2n) is 3.57. The largest absolute Gasteiger partial charge is 0.393 e. The van der Waals surface area contributed by atoms with Crippen LogP contribution in [0.25, 0.3) is 0 Å². The van der Waals surface area contributed by atoms with E-state index in [0.717, 1.165) is 32.3 Å². The van der Waals surface area contributed by atoms with Crippen molar-refractivity contribution < 1.29 is 4.79 Å². The van der Waals surface area contributed by atoms with Crippen molar-refractivity contribution in [3.05, 3.63) is 0 Å². The maximum Gasteiger partial charge on any atom is 0.209 e. The second-order valence-corrected chi connectivity index (χ2v) is 4.01. The lowest BCUT2D eigenvalue weighted by molar-refractivity contribution is -0.119. The number of rotatable bonds is 2. The summed E-state index contributed by atoms with van der Waals surface area (Å²) in [7, 11) is 0. The summed E-state index contributed by atoms with van der Waals surface area (Å²) < 4.78 is 0. The molecule has 0 aromatic heterocycles. The molecule has 1 heterocycles. The molecule has 0 radical (unpaired) electrons. The molecule has 0 aliphatic carbocycles. The molecule has 0 bridgehead atoms. The van der Waals surface area contributed by atoms with Crippen LogP contribution in [-0.4, -0.2) is 29.4 Å². The third-order valence-corrected chi connectivity index (χ3v) is 3.14. The fourth-order valence-electron chi connectivity index (χ4n) is 1.37. The zero-order valence-electron chi connectivity index (χ0n) is 7.25. The van der Waals surface area contributed by atoms with Crippen LogP contribution in [0.5, 0.6) is 0 Å². The van der Waals surface area contributed by atoms with Crippen LogP contribution < -0.4 is 5.73 Å². The van der Waals surface area contributed by atoms with Crippen molar-refractivity contribution >= 4 is 23.6 Å². The normalized spacial score (nSPS) is 21.9. The quantitative estimate of drug-likeness (QED) is 0.505. The number of nitrogens with two attached hydrogens (primary N) is 1. The summed E-state index contributed by atoms with van der Waals surface area (Å²) in [6.07, 6.45) is 2.67. The molecule has 4 heteroatoms. The molecule has 0 aromatic rings. The highest BCUT2D eigenvalue weighted by Gasteiger charge is 2.31. The zero-order valence-corrected chi connectivity index (χ0v) is 8.06. The molecular formula is C8H14N2OS. The van der Waals surface area contributed by atoms with Crippen LogP contribution >= 0.6 is 12.2 Å². The average molecular weight is 186 g/mol. The average Bonchev–Trinajstić information content (AvgIpc) is 2.06. The van der Waals surface area contributed by atoms with Crippen molar-refractivity contribution in [2.45, 2.75) is 19.8 Å². The molecule has 12 heavy (non-hydrogen) atoms. The SMILES string of the molecule is CC1(C(N)=S)CCN(C=O)CC1. The Morgan fingerprint density at radius 3 is 2.42 bits per heavy atom. The first-order chi connectivity index (χ1) is 5.58. The zero-order chi connectivity index (χ0) is 9.19. The Hall–Kier alpha value is -0.640. The summed E-state index contributed by atoms with van der Waals surface area (Å²) in [6, 6.07) is 0. The van der Waals surface area contributed by atoms with Crippen molar-refractivity contribution in [2.24, 2.45) is 11.1 Å². The fourth-order valence-corrected chi connectivity index (χ4v) is 1.57. The molecule has 1 aliphatic rings. The second kappa shape index (κ2) is 3.39. The first kappa shape index (κ1) is 9.45. The first-order valence-electron chi connectivity index (χ1n) is 4.08. The van der Waals surface area contributed by atoms with Gasteiger partial charge in [-0.3, -0.25) is 4.79 Å². The van der Waals surface area contributed by atoms with Crippen LogP contribution in [0.3, 0.4) is 0 Å². The van der Waals surface area contributed by atoms with E-state index in [1.807, 2.05) is 0 Å². The van der Waals surface area contributed by atoms with Crippen LogP contribution in [0.2, 0.25) is 0 Å². The Labute approximate surface area is 77.9 Å². The maximum atomic E-state index is 10.4. The molecule has 0 aromatic carbocycles. The highest BCUT2D eigenvalue weighted by Crippen LogP contribution is 2.30. The van der Waals surface area contributed by atoms with Gasteiger partial charge in [0.15, 0.2) is 0 Å². The summed E-state index contributed by atoms with van der Waals surface area (Å²) in [5, 5.41) is 0. The van der Waals surface area contributed by atoms with Gasteiger partial charge >= 0.3 is 0 Å². The number of carbonyl (C=O) groups excluding carboxylic acids is 1. The number of hydrogen-bond acceptors (Lipinski definition) is 2. The molecular weight excluding hydrogens is 172 g/mol. The Kier molecular flexibility index (Phi) is 2.67. The summed E-state index contributed by atoms with van der Waals surface area (Å²) >= 11 is 4.97. The van der Waals surface area contributed by atoms with Crippen LogP contribution in [0, 0.1) is 5.41 Å². The van der Waals surface area contributed by atoms with Gasteiger partial charge in [0.1, 0.15) is 0 Å². The molecule has 1 saturated heterocycles. The van der Waals surface area contributed by atoms with E-state index in [-0.39, 0.29) is 5.41 Å². The fraction of sp³-hybridized carbons (Fsp3) is 0.750. The number of hydrogen-bond donors (Lipinski definition) is 1. The van der Waals surface area contributed by atoms with Gasteiger partial charge in [0.2, 0.25) is 6.41 Å². The lowest BCUT2D eigenvalue weighted by atomic mass is 9.80. The van der Waals surface area contributed by atoms with Crippen molar-refractivity contribution in [3.63, 3.8) is 0 Å². The molecule has 68 valence electrons. The molecule has 1 rings (SSSR count). The van der Waals surface area contributed by atoms with E-state index in [4.69, 9.17) is 18.0 Å². The molecule has 1 aliphatic heterocycles. The molecule has 1 fully saturated rings. The highest BCUT2D eigenvalue weighted by molar-refractivity contribution is 7.80. The minimum absolute atomic E-state index is 0.0329. The molecule has 2 N–H and O–H groups in total. The van der Waals surface area contributed by atoms with Gasteiger partial charge < -0.3 is 10.6 Å². The number of thiocarbonyl (C=S) groups is 1. The predicted octanol–water partition coefficient (Wildman–Crippen LogP) is 0.531. The Bertz CT molecular complexity index is 197. The topological polar surface area (TPSA) is 46.3 Å². The van der Waals surface area contributed by atoms with Gasteiger partial charge in [-0.15, -0.1) is 0 Å². The Morgan fingerprint density at radius 2 is 2.08 bits per heavy atom. The summed E-state index contributed by atoms with van der Waals surface area (Å²) in [6.45, 7) is 3.62. The van der Waals surface area contributed by atoms with E-state index in [1.165, 1.54) is 0 Å². The molecule has 0 atom stereocenters. The minimum Gasteiger partial charge on any atom is -0.393 e. The molecule has 0 unspecified atom stereocenters. The van der Waals surface area contributed by atoms with Crippen molar-refractivity contribution in [2.75, 3.05) is 13.1 Å². The lowest BCUT2D eigenvalue weighted by Gasteiger charge is -2.36. The van der Waals surface area contributed by atoms with Gasteiger partial charge in [0, 0.05) is 18.5 Å². The van der Waals surface area contributed by atoms with Crippen LogP contribution in [0.1, 0.15) is 19.8 Å². The van der Waals surface area contributed by atoms with Crippen molar-refractivity contribution in [1.29, 1.82) is 0 Å². The number of likely N-dealkylation sites (tertiary alicyclic amines) is 1. The maximum absolute atomic E-state index is 10.4. The van der Waals surface area contributed by atoms with Crippen LogP contribution in [0.4, 0.5) is 0 Å². The number of amides is 1. The summed E-state index contributed by atoms with van der Waals surface area (Å²) in [5.74, 6) is 0. The van der Waals surface area contributed by atoms with Gasteiger partial charge in [0.25, 0.3) is 0 Å².